The van der Waals surface area contributed by atoms with Gasteiger partial charge in [0, 0.05) is 11.5 Å². The summed E-state index contributed by atoms with van der Waals surface area (Å²) < 4.78 is 34.5. The summed E-state index contributed by atoms with van der Waals surface area (Å²) >= 11 is 0.729. The maximum absolute atomic E-state index is 12.4. The molecule has 5 N–H and O–H groups in total. The number of carboxylic acids is 1. The van der Waals surface area contributed by atoms with Gasteiger partial charge < -0.3 is 21.0 Å². The van der Waals surface area contributed by atoms with E-state index in [9.17, 15) is 22.8 Å². The van der Waals surface area contributed by atoms with Crippen molar-refractivity contribution >= 4 is 50.5 Å². The van der Waals surface area contributed by atoms with Gasteiger partial charge in [-0.3, -0.25) is 14.1 Å². The molecule has 1 aliphatic heterocycles. The largest absolute Gasteiger partial charge is 0.478 e. The van der Waals surface area contributed by atoms with Crippen LogP contribution in [0.15, 0.2) is 5.16 Å². The Bertz CT molecular complexity index is 923. The first kappa shape index (κ1) is 20.5. The highest BCUT2D eigenvalue weighted by Crippen LogP contribution is 2.16. The van der Waals surface area contributed by atoms with Crippen molar-refractivity contribution in [1.82, 2.24) is 19.0 Å². The summed E-state index contributed by atoms with van der Waals surface area (Å²) in [4.78, 5) is 43.7. The van der Waals surface area contributed by atoms with Crippen molar-refractivity contribution in [2.75, 3.05) is 12.3 Å². The summed E-state index contributed by atoms with van der Waals surface area (Å²) in [7, 11) is -4.72. The molecule has 0 aromatic carbocycles. The van der Waals surface area contributed by atoms with Crippen LogP contribution in [0.4, 0.5) is 5.13 Å². The molecule has 1 atom stereocenters. The maximum atomic E-state index is 12.4. The van der Waals surface area contributed by atoms with Gasteiger partial charge in [-0.25, -0.2) is 9.10 Å². The summed E-state index contributed by atoms with van der Waals surface area (Å²) in [6.07, 6.45) is 0. The summed E-state index contributed by atoms with van der Waals surface area (Å²) in [6.45, 7) is 1.86. The molecule has 2 amide bonds. The molecule has 0 aliphatic carbocycles. The van der Waals surface area contributed by atoms with Crippen LogP contribution < -0.4 is 11.1 Å². The minimum atomic E-state index is -4.72. The molecular weight excluding hydrogens is 408 g/mol. The first-order valence-electron chi connectivity index (χ1n) is 7.02. The van der Waals surface area contributed by atoms with E-state index in [0.29, 0.717) is 0 Å². The monoisotopic (exact) mass is 422 g/mol. The van der Waals surface area contributed by atoms with Gasteiger partial charge in [0.2, 0.25) is 17.1 Å². The van der Waals surface area contributed by atoms with Gasteiger partial charge >= 0.3 is 16.3 Å². The van der Waals surface area contributed by atoms with E-state index >= 15 is 0 Å². The Morgan fingerprint density at radius 3 is 2.56 bits per heavy atom. The van der Waals surface area contributed by atoms with Gasteiger partial charge in [-0.15, -0.1) is 0 Å². The molecule has 0 saturated carbocycles. The van der Waals surface area contributed by atoms with Crippen LogP contribution in [0, 0.1) is 0 Å². The van der Waals surface area contributed by atoms with E-state index in [4.69, 9.17) is 20.2 Å². The van der Waals surface area contributed by atoms with Gasteiger partial charge in [0.1, 0.15) is 6.04 Å². The van der Waals surface area contributed by atoms with Crippen LogP contribution in [0.5, 0.6) is 0 Å². The lowest BCUT2D eigenvalue weighted by Gasteiger charge is -2.35. The second kappa shape index (κ2) is 7.05. The highest BCUT2D eigenvalue weighted by Gasteiger charge is 2.45. The number of nitrogens with one attached hydrogen (secondary N) is 1. The Labute approximate surface area is 156 Å². The number of carboxylic acid groups (broad SMARTS) is 1. The Morgan fingerprint density at radius 2 is 2.11 bits per heavy atom. The smallest absolute Gasteiger partial charge is 0.362 e. The molecule has 16 heteroatoms. The third kappa shape index (κ3) is 4.47. The summed E-state index contributed by atoms with van der Waals surface area (Å²) in [5.74, 6) is -3.76. The SMILES string of the molecule is CC(C)(O/N=C(\C(=O)NC1CN(S(=O)(=O)O)C1=O)c1nsc(N)n1)C(=O)O. The van der Waals surface area contributed by atoms with Gasteiger partial charge in [0.15, 0.2) is 5.13 Å². The molecule has 0 radical (unpaired) electrons. The normalized spacial score (nSPS) is 18.0. The van der Waals surface area contributed by atoms with Crippen LogP contribution in [0.2, 0.25) is 0 Å². The fraction of sp³-hybridized carbons (Fsp3) is 0.455. The second-order valence-corrected chi connectivity index (χ2v) is 7.80. The van der Waals surface area contributed by atoms with Crippen molar-refractivity contribution < 1.29 is 37.3 Å². The third-order valence-corrected chi connectivity index (χ3v) is 4.65. The van der Waals surface area contributed by atoms with Crippen LogP contribution in [0.1, 0.15) is 19.7 Å². The van der Waals surface area contributed by atoms with E-state index in [1.165, 1.54) is 13.8 Å². The number of carbonyl (C=O) groups excluding carboxylic acids is 2. The number of aromatic nitrogens is 2. The third-order valence-electron chi connectivity index (χ3n) is 3.22. The molecule has 1 fully saturated rings. The standard InChI is InChI=1S/C11H14N6O8S2/c1-11(2,9(20)21)25-15-5(6-14-10(12)26-16-6)7(18)13-4-3-17(8(4)19)27(22,23)24/h4H,3H2,1-2H3,(H,13,18)(H,20,21)(H2,12,14,16)(H,22,23,24)/b15-5-. The van der Waals surface area contributed by atoms with Crippen molar-refractivity contribution in [2.45, 2.75) is 25.5 Å². The fourth-order valence-corrected chi connectivity index (χ4v) is 2.78. The molecule has 148 valence electrons. The molecule has 1 aromatic rings. The Hall–Kier alpha value is -2.85. The number of hydrogen-bond donors (Lipinski definition) is 4. The van der Waals surface area contributed by atoms with Crippen molar-refractivity contribution in [2.24, 2.45) is 5.16 Å². The number of carbonyl (C=O) groups is 3. The number of aliphatic carboxylic acids is 1. The van der Waals surface area contributed by atoms with E-state index in [2.05, 4.69) is 19.8 Å². The van der Waals surface area contributed by atoms with E-state index in [1.807, 2.05) is 0 Å². The molecule has 0 bridgehead atoms. The first-order chi connectivity index (χ1) is 12.3. The van der Waals surface area contributed by atoms with Gasteiger partial charge in [0.05, 0.1) is 6.54 Å². The lowest BCUT2D eigenvalue weighted by atomic mass is 10.1. The predicted octanol–water partition coefficient (Wildman–Crippen LogP) is -2.17. The van der Waals surface area contributed by atoms with Crippen LogP contribution >= 0.6 is 11.5 Å². The van der Waals surface area contributed by atoms with Crippen molar-refractivity contribution in [3.63, 3.8) is 0 Å². The zero-order valence-corrected chi connectivity index (χ0v) is 15.4. The van der Waals surface area contributed by atoms with Crippen LogP contribution in [0.25, 0.3) is 0 Å². The number of amides is 2. The molecule has 1 unspecified atom stereocenters. The lowest BCUT2D eigenvalue weighted by molar-refractivity contribution is -0.161. The Kier molecular flexibility index (Phi) is 5.34. The van der Waals surface area contributed by atoms with E-state index < -0.39 is 52.0 Å². The molecule has 27 heavy (non-hydrogen) atoms. The van der Waals surface area contributed by atoms with Crippen LogP contribution in [-0.2, 0) is 29.5 Å². The number of oxime groups is 1. The quantitative estimate of drug-likeness (QED) is 0.160. The average molecular weight is 422 g/mol. The number of rotatable bonds is 7. The van der Waals surface area contributed by atoms with Gasteiger partial charge in [0.25, 0.3) is 11.8 Å². The minimum Gasteiger partial charge on any atom is -0.478 e. The lowest BCUT2D eigenvalue weighted by Crippen LogP contribution is -2.65. The number of hydrogen-bond acceptors (Lipinski definition) is 11. The van der Waals surface area contributed by atoms with Crippen LogP contribution in [0.3, 0.4) is 0 Å². The molecule has 0 spiro atoms. The van der Waals surface area contributed by atoms with E-state index in [-0.39, 0.29) is 15.3 Å². The molecule has 14 nitrogen and oxygen atoms in total. The number of nitrogens with zero attached hydrogens (tertiary/aromatic N) is 4. The predicted molar refractivity (Wildman–Crippen MR) is 88.9 cm³/mol. The molecule has 2 rings (SSSR count). The first-order valence-corrected chi connectivity index (χ1v) is 9.19. The average Bonchev–Trinajstić information content (AvgIpc) is 2.95. The Morgan fingerprint density at radius 1 is 1.48 bits per heavy atom. The molecule has 1 aromatic heterocycles. The minimum absolute atomic E-state index is 0.0136. The van der Waals surface area contributed by atoms with Gasteiger partial charge in [-0.2, -0.15) is 17.8 Å². The highest BCUT2D eigenvalue weighted by atomic mass is 32.2. The summed E-state index contributed by atoms with van der Waals surface area (Å²) in [5, 5.41) is 14.6. The number of anilines is 1. The zero-order valence-electron chi connectivity index (χ0n) is 13.8. The van der Waals surface area contributed by atoms with E-state index in [1.54, 1.807) is 0 Å². The van der Waals surface area contributed by atoms with Crippen LogP contribution in [-0.4, -0.2) is 73.4 Å². The summed E-state index contributed by atoms with van der Waals surface area (Å²) in [5.41, 5.74) is 3.08. The van der Waals surface area contributed by atoms with E-state index in [0.717, 1.165) is 11.5 Å². The number of nitrogen functional groups attached to an aromatic ring is 1. The maximum Gasteiger partial charge on any atom is 0.362 e. The number of nitrogens with two attached hydrogens (primary N) is 1. The zero-order chi connectivity index (χ0) is 20.6. The van der Waals surface area contributed by atoms with Gasteiger partial charge in [-0.05, 0) is 13.8 Å². The highest BCUT2D eigenvalue weighted by molar-refractivity contribution is 7.84. The topological polar surface area (TPSA) is 214 Å². The van der Waals surface area contributed by atoms with Crippen molar-refractivity contribution in [3.8, 4) is 0 Å². The van der Waals surface area contributed by atoms with Crippen molar-refractivity contribution in [1.29, 1.82) is 0 Å². The number of β-lactam (4-membered cyclic amide) rings is 1. The molecule has 2 heterocycles. The summed E-state index contributed by atoms with van der Waals surface area (Å²) in [6, 6.07) is -1.26. The fourth-order valence-electron chi connectivity index (χ4n) is 1.65. The molecule has 1 aliphatic rings. The second-order valence-electron chi connectivity index (χ2n) is 5.68. The van der Waals surface area contributed by atoms with Crippen molar-refractivity contribution in [3.05, 3.63) is 5.82 Å². The molecular formula is C11H14N6O8S2. The van der Waals surface area contributed by atoms with Gasteiger partial charge in [-0.1, -0.05) is 5.16 Å². The molecule has 1 saturated heterocycles. The Balaban J connectivity index is 2.20.